The number of hydrogen-bond acceptors (Lipinski definition) is 5. The van der Waals surface area contributed by atoms with Gasteiger partial charge in [-0.2, -0.15) is 0 Å². The highest BCUT2D eigenvalue weighted by Crippen LogP contribution is 2.27. The number of likely N-dealkylation sites (tertiary alicyclic amines) is 1. The maximum atomic E-state index is 13.0. The Morgan fingerprint density at radius 2 is 1.68 bits per heavy atom. The van der Waals surface area contributed by atoms with E-state index in [1.807, 2.05) is 37.3 Å². The number of nitrogens with one attached hydrogen (secondary N) is 1. The van der Waals surface area contributed by atoms with Gasteiger partial charge in [0.2, 0.25) is 5.91 Å². The van der Waals surface area contributed by atoms with Gasteiger partial charge in [0.25, 0.3) is 0 Å². The average molecular weight is 478 g/mol. The Morgan fingerprint density at radius 1 is 1.00 bits per heavy atom. The molecule has 1 saturated heterocycles. The van der Waals surface area contributed by atoms with Crippen molar-refractivity contribution >= 4 is 23.4 Å². The van der Waals surface area contributed by atoms with E-state index in [2.05, 4.69) is 70.0 Å². The molecule has 2 aromatic carbocycles. The van der Waals surface area contributed by atoms with E-state index in [4.69, 9.17) is 0 Å². The Morgan fingerprint density at radius 3 is 2.32 bits per heavy atom. The fourth-order valence-electron chi connectivity index (χ4n) is 4.10. The molecule has 1 fully saturated rings. The number of rotatable bonds is 8. The third-order valence-corrected chi connectivity index (χ3v) is 7.29. The van der Waals surface area contributed by atoms with Crippen molar-refractivity contribution in [2.45, 2.75) is 69.4 Å². The van der Waals surface area contributed by atoms with Gasteiger partial charge in [0, 0.05) is 5.69 Å². The van der Waals surface area contributed by atoms with Gasteiger partial charge in [-0.15, -0.1) is 10.2 Å². The highest BCUT2D eigenvalue weighted by Gasteiger charge is 2.23. The third kappa shape index (κ3) is 6.27. The SMILES string of the molecule is CC(Sc1nnc(CN2CCCC2)n1Cc1ccccc1)C(=O)Nc1ccc(C(C)(C)C)cc1. The van der Waals surface area contributed by atoms with Crippen LogP contribution in [0.25, 0.3) is 0 Å². The lowest BCUT2D eigenvalue weighted by molar-refractivity contribution is -0.115. The molecular formula is C27H35N5OS. The number of anilines is 1. The van der Waals surface area contributed by atoms with Gasteiger partial charge in [-0.1, -0.05) is 75.0 Å². The van der Waals surface area contributed by atoms with Gasteiger partial charge in [0.05, 0.1) is 18.3 Å². The van der Waals surface area contributed by atoms with Crippen molar-refractivity contribution in [2.24, 2.45) is 0 Å². The minimum atomic E-state index is -0.305. The molecule has 1 aliphatic heterocycles. The van der Waals surface area contributed by atoms with E-state index in [-0.39, 0.29) is 16.6 Å². The van der Waals surface area contributed by atoms with E-state index in [1.165, 1.54) is 35.7 Å². The molecule has 1 N–H and O–H groups in total. The highest BCUT2D eigenvalue weighted by atomic mass is 32.2. The normalized spacial score (nSPS) is 15.4. The van der Waals surface area contributed by atoms with E-state index in [0.29, 0.717) is 6.54 Å². The van der Waals surface area contributed by atoms with Crippen molar-refractivity contribution in [3.63, 3.8) is 0 Å². The Bertz CT molecular complexity index is 1080. The maximum absolute atomic E-state index is 13.0. The number of carbonyl (C=O) groups is 1. The Hall–Kier alpha value is -2.64. The molecule has 1 aromatic heterocycles. The van der Waals surface area contributed by atoms with Gasteiger partial charge < -0.3 is 9.88 Å². The first-order valence-corrected chi connectivity index (χ1v) is 12.9. The number of carbonyl (C=O) groups excluding carboxylic acids is 1. The van der Waals surface area contributed by atoms with Crippen molar-refractivity contribution in [1.29, 1.82) is 0 Å². The maximum Gasteiger partial charge on any atom is 0.237 e. The van der Waals surface area contributed by atoms with Gasteiger partial charge in [0.15, 0.2) is 5.16 Å². The zero-order chi connectivity index (χ0) is 24.1. The molecule has 0 radical (unpaired) electrons. The van der Waals surface area contributed by atoms with Crippen LogP contribution in [0.5, 0.6) is 0 Å². The second kappa shape index (κ2) is 10.7. The summed E-state index contributed by atoms with van der Waals surface area (Å²) in [5, 5.41) is 12.5. The average Bonchev–Trinajstić information content (AvgIpc) is 3.45. The molecule has 1 unspecified atom stereocenters. The summed E-state index contributed by atoms with van der Waals surface area (Å²) in [5.41, 5.74) is 3.34. The second-order valence-electron chi connectivity index (χ2n) is 10.0. The minimum Gasteiger partial charge on any atom is -0.325 e. The Labute approximate surface area is 207 Å². The molecule has 0 aliphatic carbocycles. The molecule has 3 aromatic rings. The fourth-order valence-corrected chi connectivity index (χ4v) is 4.97. The molecule has 6 nitrogen and oxygen atoms in total. The van der Waals surface area contributed by atoms with Crippen LogP contribution in [0.3, 0.4) is 0 Å². The van der Waals surface area contributed by atoms with E-state index in [0.717, 1.165) is 36.3 Å². The predicted molar refractivity (Wildman–Crippen MR) is 139 cm³/mol. The van der Waals surface area contributed by atoms with Crippen LogP contribution < -0.4 is 5.32 Å². The third-order valence-electron chi connectivity index (χ3n) is 6.21. The lowest BCUT2D eigenvalue weighted by atomic mass is 9.87. The predicted octanol–water partition coefficient (Wildman–Crippen LogP) is 5.34. The number of nitrogens with zero attached hydrogens (tertiary/aromatic N) is 4. The van der Waals surface area contributed by atoms with E-state index >= 15 is 0 Å². The summed E-state index contributed by atoms with van der Waals surface area (Å²) in [6.07, 6.45) is 2.48. The standard InChI is InChI=1S/C27H35N5OS/c1-20(25(33)28-23-14-12-22(13-15-23)27(2,3)4)34-26-30-29-24(19-31-16-8-9-17-31)32(26)18-21-10-6-5-7-11-21/h5-7,10-15,20H,8-9,16-19H2,1-4H3,(H,28,33). The topological polar surface area (TPSA) is 63.1 Å². The smallest absolute Gasteiger partial charge is 0.237 e. The van der Waals surface area contributed by atoms with Crippen LogP contribution in [0.4, 0.5) is 5.69 Å². The van der Waals surface area contributed by atoms with Crippen molar-refractivity contribution in [3.05, 3.63) is 71.5 Å². The van der Waals surface area contributed by atoms with Gasteiger partial charge in [-0.25, -0.2) is 0 Å². The van der Waals surface area contributed by atoms with Crippen LogP contribution in [0.2, 0.25) is 0 Å². The summed E-state index contributed by atoms with van der Waals surface area (Å²) in [6.45, 7) is 12.2. The van der Waals surface area contributed by atoms with Crippen molar-refractivity contribution in [3.8, 4) is 0 Å². The van der Waals surface area contributed by atoms with Gasteiger partial charge in [-0.3, -0.25) is 9.69 Å². The molecule has 0 bridgehead atoms. The number of thioether (sulfide) groups is 1. The van der Waals surface area contributed by atoms with E-state index in [9.17, 15) is 4.79 Å². The first-order valence-electron chi connectivity index (χ1n) is 12.1. The van der Waals surface area contributed by atoms with Gasteiger partial charge in [0.1, 0.15) is 5.82 Å². The van der Waals surface area contributed by atoms with Crippen molar-refractivity contribution < 1.29 is 4.79 Å². The fraction of sp³-hybridized carbons (Fsp3) is 0.444. The van der Waals surface area contributed by atoms with Crippen molar-refractivity contribution in [2.75, 3.05) is 18.4 Å². The molecule has 1 amide bonds. The summed E-state index contributed by atoms with van der Waals surface area (Å²) in [5.74, 6) is 0.919. The van der Waals surface area contributed by atoms with Crippen LogP contribution in [0, 0.1) is 0 Å². The Kier molecular flexibility index (Phi) is 7.73. The number of aromatic nitrogens is 3. The zero-order valence-corrected chi connectivity index (χ0v) is 21.4. The van der Waals surface area contributed by atoms with Crippen LogP contribution in [0.15, 0.2) is 59.8 Å². The highest BCUT2D eigenvalue weighted by molar-refractivity contribution is 8.00. The minimum absolute atomic E-state index is 0.0381. The first-order chi connectivity index (χ1) is 16.3. The zero-order valence-electron chi connectivity index (χ0n) is 20.6. The molecule has 0 saturated carbocycles. The number of amides is 1. The lowest BCUT2D eigenvalue weighted by Crippen LogP contribution is -2.24. The molecule has 2 heterocycles. The molecule has 4 rings (SSSR count). The van der Waals surface area contributed by atoms with E-state index < -0.39 is 0 Å². The summed E-state index contributed by atoms with van der Waals surface area (Å²) >= 11 is 1.46. The summed E-state index contributed by atoms with van der Waals surface area (Å²) in [6, 6.07) is 18.5. The molecule has 34 heavy (non-hydrogen) atoms. The second-order valence-corrected chi connectivity index (χ2v) is 11.3. The van der Waals surface area contributed by atoms with Crippen LogP contribution in [0.1, 0.15) is 57.5 Å². The monoisotopic (exact) mass is 477 g/mol. The first kappa shape index (κ1) is 24.5. The van der Waals surface area contributed by atoms with Gasteiger partial charge in [-0.05, 0) is 61.5 Å². The molecule has 180 valence electrons. The molecule has 7 heteroatoms. The van der Waals surface area contributed by atoms with Crippen LogP contribution >= 0.6 is 11.8 Å². The lowest BCUT2D eigenvalue weighted by Gasteiger charge is -2.19. The van der Waals surface area contributed by atoms with Crippen LogP contribution in [-0.2, 0) is 23.3 Å². The summed E-state index contributed by atoms with van der Waals surface area (Å²) < 4.78 is 2.17. The summed E-state index contributed by atoms with van der Waals surface area (Å²) in [4.78, 5) is 15.4. The molecular weight excluding hydrogens is 442 g/mol. The van der Waals surface area contributed by atoms with E-state index in [1.54, 1.807) is 0 Å². The summed E-state index contributed by atoms with van der Waals surface area (Å²) in [7, 11) is 0. The Balaban J connectivity index is 1.46. The molecule has 1 aliphatic rings. The quantitative estimate of drug-likeness (QED) is 0.444. The van der Waals surface area contributed by atoms with Crippen LogP contribution in [-0.4, -0.2) is 43.9 Å². The number of benzene rings is 2. The van der Waals surface area contributed by atoms with Gasteiger partial charge >= 0.3 is 0 Å². The van der Waals surface area contributed by atoms with Crippen molar-refractivity contribution in [1.82, 2.24) is 19.7 Å². The molecule has 0 spiro atoms. The number of hydrogen-bond donors (Lipinski definition) is 1. The largest absolute Gasteiger partial charge is 0.325 e. The molecule has 1 atom stereocenters.